The average Bonchev–Trinajstić information content (AvgIpc) is 4.01. The number of fused-ring (bicyclic) bond motifs is 16. The second-order valence-electron chi connectivity index (χ2n) is 15.0. The van der Waals surface area contributed by atoms with Crippen LogP contribution in [0.5, 0.6) is 0 Å². The van der Waals surface area contributed by atoms with Gasteiger partial charge in [0.1, 0.15) is 6.07 Å². The lowest BCUT2D eigenvalue weighted by molar-refractivity contribution is 1.14. The highest BCUT2D eigenvalue weighted by molar-refractivity contribution is 7.26. The van der Waals surface area contributed by atoms with Crippen molar-refractivity contribution in [3.05, 3.63) is 175 Å². The summed E-state index contributed by atoms with van der Waals surface area (Å²) in [7, 11) is 0. The van der Waals surface area contributed by atoms with Crippen LogP contribution in [0.1, 0.15) is 5.56 Å². The van der Waals surface area contributed by atoms with E-state index in [2.05, 4.69) is 166 Å². The molecule has 0 spiro atoms. The highest BCUT2D eigenvalue weighted by Crippen LogP contribution is 2.46. The van der Waals surface area contributed by atoms with Crippen molar-refractivity contribution >= 4 is 134 Å². The first-order valence-corrected chi connectivity index (χ1v) is 20.8. The molecule has 0 radical (unpaired) electrons. The third-order valence-corrected chi connectivity index (χ3v) is 14.4. The number of nitriles is 1. The van der Waals surface area contributed by atoms with E-state index in [1.165, 1.54) is 61.9 Å². The first-order valence-electron chi connectivity index (χ1n) is 19.2. The van der Waals surface area contributed by atoms with Crippen LogP contribution in [0, 0.1) is 17.9 Å². The molecule has 6 heteroatoms. The zero-order valence-electron chi connectivity index (χ0n) is 30.6. The molecule has 0 N–H and O–H groups in total. The molecule has 0 saturated heterocycles. The van der Waals surface area contributed by atoms with Gasteiger partial charge in [0.15, 0.2) is 0 Å². The lowest BCUT2D eigenvalue weighted by atomic mass is 10.0. The van der Waals surface area contributed by atoms with Gasteiger partial charge in [0.25, 0.3) is 0 Å². The molecular weight excluding hydrogens is 745 g/mol. The summed E-state index contributed by atoms with van der Waals surface area (Å²) >= 11 is 3.60. The number of nitrogens with zero attached hydrogens (tertiary/aromatic N) is 4. The predicted molar refractivity (Wildman–Crippen MR) is 247 cm³/mol. The Morgan fingerprint density at radius 1 is 0.431 bits per heavy atom. The highest BCUT2D eigenvalue weighted by Gasteiger charge is 2.23. The SMILES string of the molecule is [C-]#[N+]c1cc(-n2c3ccccc3c3cc4c(cc32)sc2ccc3ccccc3c24)c(C#N)cc1-n1c2ccccc2c2cc3c(cc21)sc1ccc2ccccc2c13. The largest absolute Gasteiger partial charge is 0.319 e. The van der Waals surface area contributed by atoms with Gasteiger partial charge in [-0.1, -0.05) is 97.1 Å². The maximum atomic E-state index is 11.0. The summed E-state index contributed by atoms with van der Waals surface area (Å²) in [5.41, 5.74) is 6.43. The third-order valence-electron chi connectivity index (χ3n) is 12.1. The molecule has 4 heterocycles. The summed E-state index contributed by atoms with van der Waals surface area (Å²) in [6.45, 7) is 8.62. The van der Waals surface area contributed by atoms with E-state index in [9.17, 15) is 5.26 Å². The van der Waals surface area contributed by atoms with E-state index >= 15 is 0 Å². The number of thiophene rings is 2. The monoisotopic (exact) mass is 770 g/mol. The Morgan fingerprint density at radius 3 is 1.43 bits per heavy atom. The molecule has 0 aliphatic heterocycles. The van der Waals surface area contributed by atoms with Crippen molar-refractivity contribution < 1.29 is 0 Å². The molecule has 9 aromatic carbocycles. The number of hydrogen-bond donors (Lipinski definition) is 0. The van der Waals surface area contributed by atoms with Crippen LogP contribution in [-0.4, -0.2) is 9.13 Å². The molecular formula is C52H26N4S2. The van der Waals surface area contributed by atoms with Crippen molar-refractivity contribution in [3.8, 4) is 17.4 Å². The third kappa shape index (κ3) is 4.15. The fraction of sp³-hybridized carbons (Fsp3) is 0. The molecule has 4 nitrogen and oxygen atoms in total. The van der Waals surface area contributed by atoms with Gasteiger partial charge in [-0.3, -0.25) is 0 Å². The van der Waals surface area contributed by atoms with E-state index in [4.69, 9.17) is 6.57 Å². The van der Waals surface area contributed by atoms with Gasteiger partial charge in [-0.05, 0) is 82.2 Å². The quantitative estimate of drug-likeness (QED) is 0.161. The molecule has 0 aliphatic carbocycles. The van der Waals surface area contributed by atoms with Gasteiger partial charge in [-0.25, -0.2) is 4.85 Å². The molecule has 0 aliphatic rings. The summed E-state index contributed by atoms with van der Waals surface area (Å²) in [6, 6.07) is 58.6. The van der Waals surface area contributed by atoms with Crippen LogP contribution < -0.4 is 0 Å². The van der Waals surface area contributed by atoms with Crippen molar-refractivity contribution in [2.75, 3.05) is 0 Å². The summed E-state index contributed by atoms with van der Waals surface area (Å²) in [4.78, 5) is 4.20. The number of benzene rings is 9. The Hall–Kier alpha value is -7.48. The summed E-state index contributed by atoms with van der Waals surface area (Å²) in [5.74, 6) is 0. The first-order chi connectivity index (χ1) is 28.7. The highest BCUT2D eigenvalue weighted by atomic mass is 32.1. The van der Waals surface area contributed by atoms with E-state index < -0.39 is 0 Å². The lowest BCUT2D eigenvalue weighted by Crippen LogP contribution is -2.01. The Bertz CT molecular complexity index is 3800. The minimum atomic E-state index is 0.486. The van der Waals surface area contributed by atoms with Crippen molar-refractivity contribution in [3.63, 3.8) is 0 Å². The van der Waals surface area contributed by atoms with Gasteiger partial charge >= 0.3 is 0 Å². The van der Waals surface area contributed by atoms with Crippen LogP contribution in [0.15, 0.2) is 158 Å². The average molecular weight is 771 g/mol. The van der Waals surface area contributed by atoms with Gasteiger partial charge in [-0.2, -0.15) is 5.26 Å². The molecule has 58 heavy (non-hydrogen) atoms. The predicted octanol–water partition coefficient (Wildman–Crippen LogP) is 15.3. The molecule has 266 valence electrons. The molecule has 0 saturated carbocycles. The molecule has 0 fully saturated rings. The molecule has 0 unspecified atom stereocenters. The van der Waals surface area contributed by atoms with Crippen molar-refractivity contribution in [2.24, 2.45) is 0 Å². The number of para-hydroxylation sites is 2. The van der Waals surface area contributed by atoms with E-state index in [1.54, 1.807) is 22.7 Å². The molecule has 13 rings (SSSR count). The molecule has 0 bridgehead atoms. The fourth-order valence-electron chi connectivity index (χ4n) is 9.65. The maximum absolute atomic E-state index is 11.0. The van der Waals surface area contributed by atoms with Gasteiger partial charge in [0.2, 0.25) is 5.69 Å². The van der Waals surface area contributed by atoms with Crippen LogP contribution in [0.2, 0.25) is 0 Å². The Labute approximate surface area is 338 Å². The van der Waals surface area contributed by atoms with E-state index in [-0.39, 0.29) is 0 Å². The van der Waals surface area contributed by atoms with Gasteiger partial charge in [-0.15, -0.1) is 22.7 Å². The fourth-order valence-corrected chi connectivity index (χ4v) is 11.9. The van der Waals surface area contributed by atoms with E-state index in [0.29, 0.717) is 22.6 Å². The maximum Gasteiger partial charge on any atom is 0.212 e. The van der Waals surface area contributed by atoms with E-state index in [1.807, 2.05) is 12.1 Å². The summed E-state index contributed by atoms with van der Waals surface area (Å²) in [6.07, 6.45) is 0. The Morgan fingerprint density at radius 2 is 0.914 bits per heavy atom. The van der Waals surface area contributed by atoms with Crippen molar-refractivity contribution in [2.45, 2.75) is 0 Å². The summed E-state index contributed by atoms with van der Waals surface area (Å²) < 4.78 is 9.27. The van der Waals surface area contributed by atoms with E-state index in [0.717, 1.165) is 43.6 Å². The molecule has 4 aromatic heterocycles. The first kappa shape index (κ1) is 31.7. The number of aromatic nitrogens is 2. The second-order valence-corrected chi connectivity index (χ2v) is 17.2. The zero-order valence-corrected chi connectivity index (χ0v) is 32.2. The lowest BCUT2D eigenvalue weighted by Gasteiger charge is -2.16. The van der Waals surface area contributed by atoms with Gasteiger partial charge < -0.3 is 9.13 Å². The number of rotatable bonds is 2. The van der Waals surface area contributed by atoms with Crippen LogP contribution in [0.25, 0.3) is 122 Å². The van der Waals surface area contributed by atoms with Crippen LogP contribution in [-0.2, 0) is 0 Å². The standard InChI is InChI=1S/C52H26N4S2/c1-54-40-25-43(55-41-16-8-6-14-34(41)36-23-38-49(26-44(36)55)57-47-20-18-29-10-2-4-12-32(29)51(38)47)31(28-53)22-46(40)56-42-17-9-7-15-35(42)37-24-39-50(27-45(37)56)58-48-21-19-30-11-3-5-13-33(30)52(39)48/h2-27H. The molecule has 0 atom stereocenters. The minimum absolute atomic E-state index is 0.486. The molecule has 0 amide bonds. The normalized spacial score (nSPS) is 12.1. The summed E-state index contributed by atoms with van der Waals surface area (Å²) in [5, 5.41) is 25.5. The topological polar surface area (TPSA) is 38.0 Å². The second kappa shape index (κ2) is 11.5. The Kier molecular flexibility index (Phi) is 6.30. The van der Waals surface area contributed by atoms with Gasteiger partial charge in [0, 0.05) is 61.9 Å². The molecule has 13 aromatic rings. The Balaban J connectivity index is 1.09. The van der Waals surface area contributed by atoms with Crippen molar-refractivity contribution in [1.82, 2.24) is 9.13 Å². The zero-order chi connectivity index (χ0) is 38.2. The van der Waals surface area contributed by atoms with Crippen molar-refractivity contribution in [1.29, 1.82) is 5.26 Å². The van der Waals surface area contributed by atoms with Crippen LogP contribution in [0.4, 0.5) is 5.69 Å². The smallest absolute Gasteiger partial charge is 0.212 e. The minimum Gasteiger partial charge on any atom is -0.319 e. The number of hydrogen-bond acceptors (Lipinski definition) is 3. The van der Waals surface area contributed by atoms with Gasteiger partial charge in [0.05, 0.1) is 45.6 Å². The van der Waals surface area contributed by atoms with Crippen LogP contribution >= 0.6 is 22.7 Å². The van der Waals surface area contributed by atoms with Crippen LogP contribution in [0.3, 0.4) is 0 Å².